The van der Waals surface area contributed by atoms with Crippen molar-refractivity contribution < 1.29 is 19.1 Å². The Hall–Kier alpha value is -4.32. The van der Waals surface area contributed by atoms with E-state index < -0.39 is 0 Å². The van der Waals surface area contributed by atoms with Gasteiger partial charge in [0.25, 0.3) is 11.8 Å². The molecule has 0 radical (unpaired) electrons. The van der Waals surface area contributed by atoms with E-state index in [0.29, 0.717) is 34.0 Å². The molecule has 4 aromatic carbocycles. The minimum Gasteiger partial charge on any atom is -0.490 e. The Kier molecular flexibility index (Phi) is 7.54. The third-order valence-electron chi connectivity index (χ3n) is 5.41. The Labute approximate surface area is 211 Å². The van der Waals surface area contributed by atoms with Gasteiger partial charge in [0.15, 0.2) is 0 Å². The number of rotatable bonds is 8. The fourth-order valence-electron chi connectivity index (χ4n) is 3.93. The van der Waals surface area contributed by atoms with Crippen LogP contribution in [0.5, 0.6) is 11.5 Å². The van der Waals surface area contributed by atoms with E-state index in [1.54, 1.807) is 36.4 Å². The maximum Gasteiger partial charge on any atom is 0.259 e. The molecular weight excluding hydrogens is 452 g/mol. The molecule has 6 heteroatoms. The first-order valence-electron chi connectivity index (χ1n) is 12.0. The van der Waals surface area contributed by atoms with E-state index >= 15 is 0 Å². The minimum absolute atomic E-state index is 0.0567. The van der Waals surface area contributed by atoms with E-state index in [1.165, 1.54) is 0 Å². The number of carbonyl (C=O) groups excluding carboxylic acids is 2. The third-order valence-corrected chi connectivity index (χ3v) is 5.41. The normalized spacial score (nSPS) is 10.9. The zero-order valence-corrected chi connectivity index (χ0v) is 20.9. The Balaban J connectivity index is 1.63. The van der Waals surface area contributed by atoms with Gasteiger partial charge in [0.1, 0.15) is 11.5 Å². The predicted molar refractivity (Wildman–Crippen MR) is 144 cm³/mol. The van der Waals surface area contributed by atoms with Gasteiger partial charge < -0.3 is 20.1 Å². The topological polar surface area (TPSA) is 76.7 Å². The van der Waals surface area contributed by atoms with Crippen molar-refractivity contribution in [2.24, 2.45) is 0 Å². The Morgan fingerprint density at radius 2 is 0.944 bits per heavy atom. The van der Waals surface area contributed by atoms with Crippen molar-refractivity contribution in [3.63, 3.8) is 0 Å². The van der Waals surface area contributed by atoms with Crippen molar-refractivity contribution in [2.45, 2.75) is 39.9 Å². The van der Waals surface area contributed by atoms with E-state index in [-0.39, 0.29) is 24.0 Å². The highest BCUT2D eigenvalue weighted by Gasteiger charge is 2.17. The molecule has 0 heterocycles. The van der Waals surface area contributed by atoms with Crippen molar-refractivity contribution in [2.75, 3.05) is 10.6 Å². The average Bonchev–Trinajstić information content (AvgIpc) is 2.84. The molecule has 0 saturated heterocycles. The molecule has 4 rings (SSSR count). The SMILES string of the molecule is CC(C)Oc1ccccc1C(=O)Nc1cccc2c(NC(=O)c3ccccc3OC(C)C)cccc12. The summed E-state index contributed by atoms with van der Waals surface area (Å²) >= 11 is 0. The summed E-state index contributed by atoms with van der Waals surface area (Å²) in [6.45, 7) is 7.68. The van der Waals surface area contributed by atoms with Crippen molar-refractivity contribution in [1.82, 2.24) is 0 Å². The average molecular weight is 483 g/mol. The molecule has 0 aromatic heterocycles. The van der Waals surface area contributed by atoms with E-state index in [2.05, 4.69) is 10.6 Å². The molecule has 4 aromatic rings. The molecule has 0 aliphatic rings. The van der Waals surface area contributed by atoms with E-state index in [1.807, 2.05) is 76.2 Å². The predicted octanol–water partition coefficient (Wildman–Crippen LogP) is 6.92. The van der Waals surface area contributed by atoms with Crippen molar-refractivity contribution in [3.05, 3.63) is 96.1 Å². The molecule has 184 valence electrons. The van der Waals surface area contributed by atoms with Gasteiger partial charge >= 0.3 is 0 Å². The Morgan fingerprint density at radius 3 is 1.33 bits per heavy atom. The first-order valence-corrected chi connectivity index (χ1v) is 12.0. The van der Waals surface area contributed by atoms with Gasteiger partial charge in [-0.3, -0.25) is 9.59 Å². The van der Waals surface area contributed by atoms with Gasteiger partial charge in [0.2, 0.25) is 0 Å². The largest absolute Gasteiger partial charge is 0.490 e. The molecule has 0 aliphatic heterocycles. The first kappa shape index (κ1) is 24.8. The Bertz CT molecular complexity index is 1290. The maximum atomic E-state index is 13.2. The number of hydrogen-bond acceptors (Lipinski definition) is 4. The Morgan fingerprint density at radius 1 is 0.556 bits per heavy atom. The van der Waals surface area contributed by atoms with Crippen LogP contribution < -0.4 is 20.1 Å². The molecule has 36 heavy (non-hydrogen) atoms. The molecule has 0 unspecified atom stereocenters. The summed E-state index contributed by atoms with van der Waals surface area (Å²) in [7, 11) is 0. The van der Waals surface area contributed by atoms with Crippen LogP contribution in [0.1, 0.15) is 48.4 Å². The van der Waals surface area contributed by atoms with Crippen LogP contribution in [0, 0.1) is 0 Å². The fourth-order valence-corrected chi connectivity index (χ4v) is 3.93. The van der Waals surface area contributed by atoms with Crippen LogP contribution in [0.15, 0.2) is 84.9 Å². The second kappa shape index (κ2) is 11.0. The van der Waals surface area contributed by atoms with Crippen molar-refractivity contribution in [3.8, 4) is 11.5 Å². The zero-order chi connectivity index (χ0) is 25.7. The van der Waals surface area contributed by atoms with Crippen molar-refractivity contribution >= 4 is 34.0 Å². The number of ether oxygens (including phenoxy) is 2. The first-order chi connectivity index (χ1) is 17.3. The van der Waals surface area contributed by atoms with Gasteiger partial charge in [-0.1, -0.05) is 48.5 Å². The number of hydrogen-bond donors (Lipinski definition) is 2. The number of carbonyl (C=O) groups is 2. The smallest absolute Gasteiger partial charge is 0.259 e. The quantitative estimate of drug-likeness (QED) is 0.286. The lowest BCUT2D eigenvalue weighted by molar-refractivity contribution is 0.101. The van der Waals surface area contributed by atoms with Gasteiger partial charge in [-0.25, -0.2) is 0 Å². The lowest BCUT2D eigenvalue weighted by Gasteiger charge is -2.16. The van der Waals surface area contributed by atoms with E-state index in [9.17, 15) is 9.59 Å². The number of nitrogens with one attached hydrogen (secondary N) is 2. The monoisotopic (exact) mass is 482 g/mol. The molecule has 2 N–H and O–H groups in total. The lowest BCUT2D eigenvalue weighted by Crippen LogP contribution is -2.16. The number of amides is 2. The maximum absolute atomic E-state index is 13.2. The molecule has 2 amide bonds. The summed E-state index contributed by atoms with van der Waals surface area (Å²) < 4.78 is 11.6. The van der Waals surface area contributed by atoms with Crippen LogP contribution in [0.4, 0.5) is 11.4 Å². The van der Waals surface area contributed by atoms with Gasteiger partial charge in [0.05, 0.1) is 23.3 Å². The summed E-state index contributed by atoms with van der Waals surface area (Å²) in [6.07, 6.45) is -0.113. The van der Waals surface area contributed by atoms with Gasteiger partial charge in [-0.15, -0.1) is 0 Å². The van der Waals surface area contributed by atoms with Gasteiger partial charge in [-0.2, -0.15) is 0 Å². The second-order valence-electron chi connectivity index (χ2n) is 8.94. The molecule has 0 bridgehead atoms. The van der Waals surface area contributed by atoms with Crippen LogP contribution in [0.3, 0.4) is 0 Å². The molecule has 0 atom stereocenters. The summed E-state index contributed by atoms with van der Waals surface area (Å²) in [5.74, 6) is 0.516. The number of benzene rings is 4. The highest BCUT2D eigenvalue weighted by Crippen LogP contribution is 2.31. The molecule has 0 spiro atoms. The lowest BCUT2D eigenvalue weighted by atomic mass is 10.1. The highest BCUT2D eigenvalue weighted by atomic mass is 16.5. The van der Waals surface area contributed by atoms with Crippen molar-refractivity contribution in [1.29, 1.82) is 0 Å². The molecule has 0 aliphatic carbocycles. The number of para-hydroxylation sites is 2. The van der Waals surface area contributed by atoms with Crippen LogP contribution in [-0.2, 0) is 0 Å². The van der Waals surface area contributed by atoms with Gasteiger partial charge in [-0.05, 0) is 64.1 Å². The molecule has 0 saturated carbocycles. The molecular formula is C30H30N2O4. The number of fused-ring (bicyclic) bond motifs is 1. The van der Waals surface area contributed by atoms with Gasteiger partial charge in [0, 0.05) is 22.1 Å². The summed E-state index contributed by atoms with van der Waals surface area (Å²) in [6, 6.07) is 25.5. The summed E-state index contributed by atoms with van der Waals surface area (Å²) in [5.41, 5.74) is 2.18. The van der Waals surface area contributed by atoms with Crippen LogP contribution >= 0.6 is 0 Å². The minimum atomic E-state index is -0.270. The van der Waals surface area contributed by atoms with Crippen LogP contribution in [0.25, 0.3) is 10.8 Å². The standard InChI is InChI=1S/C30H30N2O4/c1-19(2)35-27-17-7-5-11-23(27)29(33)31-25-15-9-14-22-21(25)13-10-16-26(22)32-30(34)24-12-6-8-18-28(24)36-20(3)4/h5-20H,1-4H3,(H,31,33)(H,32,34). The van der Waals surface area contributed by atoms with Crippen LogP contribution in [-0.4, -0.2) is 24.0 Å². The third kappa shape index (κ3) is 5.66. The fraction of sp³-hybridized carbons (Fsp3) is 0.200. The zero-order valence-electron chi connectivity index (χ0n) is 20.9. The second-order valence-corrected chi connectivity index (χ2v) is 8.94. The van der Waals surface area contributed by atoms with E-state index in [0.717, 1.165) is 10.8 Å². The molecule has 6 nitrogen and oxygen atoms in total. The summed E-state index contributed by atoms with van der Waals surface area (Å²) in [5, 5.41) is 7.62. The highest BCUT2D eigenvalue weighted by molar-refractivity contribution is 6.15. The van der Waals surface area contributed by atoms with Crippen LogP contribution in [0.2, 0.25) is 0 Å². The van der Waals surface area contributed by atoms with E-state index in [4.69, 9.17) is 9.47 Å². The molecule has 0 fully saturated rings. The number of anilines is 2. The summed E-state index contributed by atoms with van der Waals surface area (Å²) in [4.78, 5) is 26.3.